The number of pyridine rings is 1. The minimum atomic E-state index is 1.00. The first-order valence-electron chi connectivity index (χ1n) is 4.24. The molecule has 0 aliphatic carbocycles. The quantitative estimate of drug-likeness (QED) is 0.727. The second kappa shape index (κ2) is 3.66. The molecule has 0 saturated carbocycles. The van der Waals surface area contributed by atoms with Crippen LogP contribution >= 0.6 is 11.3 Å². The summed E-state index contributed by atoms with van der Waals surface area (Å²) in [7, 11) is 0. The summed E-state index contributed by atoms with van der Waals surface area (Å²) in [6.07, 6.45) is 6.56. The van der Waals surface area contributed by atoms with Crippen molar-refractivity contribution in [1.82, 2.24) is 9.97 Å². The van der Waals surface area contributed by atoms with Gasteiger partial charge in [-0.05, 0) is 18.1 Å². The highest BCUT2D eigenvalue weighted by Gasteiger charge is 2.04. The summed E-state index contributed by atoms with van der Waals surface area (Å²) in [6.45, 7) is 2.13. The summed E-state index contributed by atoms with van der Waals surface area (Å²) < 4.78 is 0. The lowest BCUT2D eigenvalue weighted by atomic mass is 10.1. The van der Waals surface area contributed by atoms with E-state index in [9.17, 15) is 0 Å². The molecule has 0 aliphatic rings. The van der Waals surface area contributed by atoms with Gasteiger partial charge in [-0.3, -0.25) is 4.98 Å². The maximum Gasteiger partial charge on any atom is 0.123 e. The van der Waals surface area contributed by atoms with E-state index < -0.39 is 0 Å². The molecule has 0 atom stereocenters. The van der Waals surface area contributed by atoms with Crippen LogP contribution in [0, 0.1) is 0 Å². The van der Waals surface area contributed by atoms with Crippen LogP contribution in [0.1, 0.15) is 12.5 Å². The van der Waals surface area contributed by atoms with Crippen LogP contribution in [0.3, 0.4) is 0 Å². The van der Waals surface area contributed by atoms with Crippen molar-refractivity contribution in [2.75, 3.05) is 0 Å². The molecule has 0 aliphatic heterocycles. The predicted molar refractivity (Wildman–Crippen MR) is 54.7 cm³/mol. The van der Waals surface area contributed by atoms with Crippen molar-refractivity contribution in [3.8, 4) is 10.6 Å². The molecule has 2 aromatic heterocycles. The van der Waals surface area contributed by atoms with E-state index in [2.05, 4.69) is 16.9 Å². The van der Waals surface area contributed by atoms with Gasteiger partial charge in [0.15, 0.2) is 0 Å². The molecule has 0 spiro atoms. The van der Waals surface area contributed by atoms with Crippen molar-refractivity contribution in [3.63, 3.8) is 0 Å². The Balaban J connectivity index is 2.51. The lowest BCUT2D eigenvalue weighted by Gasteiger charge is -2.02. The Bertz CT molecular complexity index is 382. The minimum Gasteiger partial charge on any atom is -0.264 e. The number of aromatic nitrogens is 2. The van der Waals surface area contributed by atoms with Gasteiger partial charge in [-0.2, -0.15) is 0 Å². The van der Waals surface area contributed by atoms with Crippen LogP contribution in [0.15, 0.2) is 30.0 Å². The fraction of sp³-hybridized carbons (Fsp3) is 0.200. The maximum absolute atomic E-state index is 4.29. The zero-order chi connectivity index (χ0) is 9.10. The molecule has 66 valence electrons. The smallest absolute Gasteiger partial charge is 0.123 e. The van der Waals surface area contributed by atoms with Crippen molar-refractivity contribution >= 4 is 11.3 Å². The van der Waals surface area contributed by atoms with E-state index in [1.807, 2.05) is 30.0 Å². The summed E-state index contributed by atoms with van der Waals surface area (Å²) in [6, 6.07) is 2.03. The average Bonchev–Trinajstić information content (AvgIpc) is 2.70. The van der Waals surface area contributed by atoms with Crippen molar-refractivity contribution in [2.45, 2.75) is 13.3 Å². The monoisotopic (exact) mass is 190 g/mol. The van der Waals surface area contributed by atoms with Gasteiger partial charge in [-0.25, -0.2) is 4.98 Å². The van der Waals surface area contributed by atoms with Gasteiger partial charge in [0.05, 0.1) is 0 Å². The Morgan fingerprint density at radius 1 is 1.38 bits per heavy atom. The molecule has 0 amide bonds. The zero-order valence-corrected chi connectivity index (χ0v) is 8.21. The molecule has 0 bridgehead atoms. The maximum atomic E-state index is 4.29. The normalized spacial score (nSPS) is 10.2. The van der Waals surface area contributed by atoms with Crippen molar-refractivity contribution in [3.05, 3.63) is 35.6 Å². The SMILES string of the molecule is CCc1cnccc1-c1nccs1. The van der Waals surface area contributed by atoms with Gasteiger partial charge >= 0.3 is 0 Å². The Morgan fingerprint density at radius 2 is 2.31 bits per heavy atom. The molecule has 2 nitrogen and oxygen atoms in total. The molecule has 2 heterocycles. The Morgan fingerprint density at radius 3 is 3.00 bits per heavy atom. The van der Waals surface area contributed by atoms with Gasteiger partial charge in [0, 0.05) is 29.5 Å². The Hall–Kier alpha value is -1.22. The lowest BCUT2D eigenvalue weighted by molar-refractivity contribution is 1.10. The van der Waals surface area contributed by atoms with Gasteiger partial charge < -0.3 is 0 Å². The molecule has 13 heavy (non-hydrogen) atoms. The van der Waals surface area contributed by atoms with Crippen LogP contribution < -0.4 is 0 Å². The topological polar surface area (TPSA) is 25.8 Å². The summed E-state index contributed by atoms with van der Waals surface area (Å²) in [5.74, 6) is 0. The second-order valence-corrected chi connectivity index (χ2v) is 3.62. The van der Waals surface area contributed by atoms with Gasteiger partial charge in [0.2, 0.25) is 0 Å². The first-order chi connectivity index (χ1) is 6.42. The van der Waals surface area contributed by atoms with E-state index in [1.165, 1.54) is 11.1 Å². The molecule has 0 unspecified atom stereocenters. The standard InChI is InChI=1S/C10H10N2S/c1-2-8-7-11-4-3-9(8)10-12-5-6-13-10/h3-7H,2H2,1H3. The average molecular weight is 190 g/mol. The van der Waals surface area contributed by atoms with E-state index >= 15 is 0 Å². The molecule has 2 aromatic rings. The third-order valence-electron chi connectivity index (χ3n) is 1.95. The molecular formula is C10H10N2S. The molecule has 0 aromatic carbocycles. The largest absolute Gasteiger partial charge is 0.264 e. The number of hydrogen-bond donors (Lipinski definition) is 0. The number of nitrogens with zero attached hydrogens (tertiary/aromatic N) is 2. The summed E-state index contributed by atoms with van der Waals surface area (Å²) >= 11 is 1.67. The van der Waals surface area contributed by atoms with Crippen molar-refractivity contribution in [2.24, 2.45) is 0 Å². The molecule has 2 rings (SSSR count). The highest BCUT2D eigenvalue weighted by atomic mass is 32.1. The fourth-order valence-electron chi connectivity index (χ4n) is 1.27. The number of aryl methyl sites for hydroxylation is 1. The highest BCUT2D eigenvalue weighted by Crippen LogP contribution is 2.24. The first-order valence-corrected chi connectivity index (χ1v) is 5.12. The van der Waals surface area contributed by atoms with E-state index in [0.29, 0.717) is 0 Å². The predicted octanol–water partition coefficient (Wildman–Crippen LogP) is 2.77. The molecule has 0 radical (unpaired) electrons. The molecule has 3 heteroatoms. The van der Waals surface area contributed by atoms with Gasteiger partial charge in [0.25, 0.3) is 0 Å². The van der Waals surface area contributed by atoms with E-state index in [1.54, 1.807) is 11.3 Å². The van der Waals surface area contributed by atoms with Crippen molar-refractivity contribution in [1.29, 1.82) is 0 Å². The van der Waals surface area contributed by atoms with Crippen LogP contribution in [0.4, 0.5) is 0 Å². The van der Waals surface area contributed by atoms with Gasteiger partial charge in [0.1, 0.15) is 5.01 Å². The molecule has 0 N–H and O–H groups in total. The molecular weight excluding hydrogens is 180 g/mol. The third kappa shape index (κ3) is 1.60. The Labute approximate surface area is 81.3 Å². The van der Waals surface area contributed by atoms with Crippen molar-refractivity contribution < 1.29 is 0 Å². The third-order valence-corrected chi connectivity index (χ3v) is 2.75. The van der Waals surface area contributed by atoms with Gasteiger partial charge in [-0.1, -0.05) is 6.92 Å². The van der Waals surface area contributed by atoms with E-state index in [-0.39, 0.29) is 0 Å². The fourth-order valence-corrected chi connectivity index (χ4v) is 1.97. The minimum absolute atomic E-state index is 1.00. The Kier molecular flexibility index (Phi) is 2.36. The summed E-state index contributed by atoms with van der Waals surface area (Å²) in [4.78, 5) is 8.39. The summed E-state index contributed by atoms with van der Waals surface area (Å²) in [5, 5.41) is 3.08. The van der Waals surface area contributed by atoms with Crippen LogP contribution in [0.2, 0.25) is 0 Å². The lowest BCUT2D eigenvalue weighted by Crippen LogP contribution is -1.87. The van der Waals surface area contributed by atoms with Crippen LogP contribution in [-0.2, 0) is 6.42 Å². The molecule has 0 saturated heterocycles. The highest BCUT2D eigenvalue weighted by molar-refractivity contribution is 7.13. The van der Waals surface area contributed by atoms with Gasteiger partial charge in [-0.15, -0.1) is 11.3 Å². The van der Waals surface area contributed by atoms with Crippen LogP contribution in [0.5, 0.6) is 0 Å². The number of thiazole rings is 1. The second-order valence-electron chi connectivity index (χ2n) is 2.72. The van der Waals surface area contributed by atoms with Crippen LogP contribution in [-0.4, -0.2) is 9.97 Å². The van der Waals surface area contributed by atoms with E-state index in [0.717, 1.165) is 11.4 Å². The number of rotatable bonds is 2. The number of hydrogen-bond acceptors (Lipinski definition) is 3. The zero-order valence-electron chi connectivity index (χ0n) is 7.40. The van der Waals surface area contributed by atoms with E-state index in [4.69, 9.17) is 0 Å². The molecule has 0 fully saturated rings. The summed E-state index contributed by atoms with van der Waals surface area (Å²) in [5.41, 5.74) is 2.48. The van der Waals surface area contributed by atoms with Crippen LogP contribution in [0.25, 0.3) is 10.6 Å². The first kappa shape index (κ1) is 8.38.